The van der Waals surface area contributed by atoms with Gasteiger partial charge in [0.1, 0.15) is 0 Å². The lowest BCUT2D eigenvalue weighted by Crippen LogP contribution is -2.21. The molecule has 0 aromatic heterocycles. The van der Waals surface area contributed by atoms with Gasteiger partial charge in [0, 0.05) is 25.3 Å². The summed E-state index contributed by atoms with van der Waals surface area (Å²) in [4.78, 5) is 2.03. The Morgan fingerprint density at radius 1 is 1.38 bits per heavy atom. The van der Waals surface area contributed by atoms with E-state index < -0.39 is 0 Å². The molecule has 0 saturated heterocycles. The third kappa shape index (κ3) is 2.54. The quantitative estimate of drug-likeness (QED) is 0.791. The maximum Gasteiger partial charge on any atom is 0.0606 e. The molecule has 1 saturated carbocycles. The lowest BCUT2D eigenvalue weighted by Gasteiger charge is -2.19. The molecule has 1 aromatic rings. The first-order valence-corrected chi connectivity index (χ1v) is 5.90. The van der Waals surface area contributed by atoms with Crippen molar-refractivity contribution in [1.29, 1.82) is 0 Å². The van der Waals surface area contributed by atoms with E-state index in [1.807, 2.05) is 11.9 Å². The Labute approximate surface area is 96.9 Å². The number of hydrogen-bond donors (Lipinski definition) is 2. The zero-order valence-corrected chi connectivity index (χ0v) is 9.76. The molecule has 0 heterocycles. The number of nitrogens with two attached hydrogens (primary N) is 1. The SMILES string of the molecule is CN(CCO)c1ccc([C@H](N)C2CC2)cc1. The standard InChI is InChI=1S/C13H20N2O/c1-15(8-9-16)12-6-4-11(5-7-12)13(14)10-2-3-10/h4-7,10,13,16H,2-3,8-9,14H2,1H3/t13-/m1/s1. The molecule has 3 nitrogen and oxygen atoms in total. The number of hydrogen-bond acceptors (Lipinski definition) is 3. The average Bonchev–Trinajstić information content (AvgIpc) is 3.12. The Balaban J connectivity index is 2.03. The first kappa shape index (κ1) is 11.4. The number of aliphatic hydroxyl groups is 1. The van der Waals surface area contributed by atoms with Crippen LogP contribution in [0.4, 0.5) is 5.69 Å². The first-order chi connectivity index (χ1) is 7.72. The minimum atomic E-state index is 0.180. The number of rotatable bonds is 5. The highest BCUT2D eigenvalue weighted by molar-refractivity contribution is 5.47. The van der Waals surface area contributed by atoms with Crippen LogP contribution in [0.3, 0.4) is 0 Å². The van der Waals surface area contributed by atoms with Crippen molar-refractivity contribution in [2.75, 3.05) is 25.1 Å². The van der Waals surface area contributed by atoms with E-state index in [0.717, 1.165) is 5.69 Å². The number of benzene rings is 1. The van der Waals surface area contributed by atoms with Gasteiger partial charge in [-0.05, 0) is 36.5 Å². The van der Waals surface area contributed by atoms with Crippen LogP contribution in [0.2, 0.25) is 0 Å². The van der Waals surface area contributed by atoms with Gasteiger partial charge in [-0.15, -0.1) is 0 Å². The van der Waals surface area contributed by atoms with Crippen molar-refractivity contribution >= 4 is 5.69 Å². The van der Waals surface area contributed by atoms with Crippen LogP contribution in [-0.4, -0.2) is 25.3 Å². The first-order valence-electron chi connectivity index (χ1n) is 5.90. The summed E-state index contributed by atoms with van der Waals surface area (Å²) in [5.74, 6) is 0.695. The fourth-order valence-electron chi connectivity index (χ4n) is 1.96. The molecular weight excluding hydrogens is 200 g/mol. The number of likely N-dealkylation sites (N-methyl/N-ethyl adjacent to an activating group) is 1. The fraction of sp³-hybridized carbons (Fsp3) is 0.538. The van der Waals surface area contributed by atoms with Crippen LogP contribution in [0.1, 0.15) is 24.4 Å². The van der Waals surface area contributed by atoms with Gasteiger partial charge in [-0.25, -0.2) is 0 Å². The summed E-state index contributed by atoms with van der Waals surface area (Å²) < 4.78 is 0. The van der Waals surface area contributed by atoms with Crippen LogP contribution in [0.5, 0.6) is 0 Å². The Morgan fingerprint density at radius 3 is 2.50 bits per heavy atom. The lowest BCUT2D eigenvalue weighted by molar-refractivity contribution is 0.304. The molecule has 0 spiro atoms. The van der Waals surface area contributed by atoms with E-state index in [4.69, 9.17) is 10.8 Å². The topological polar surface area (TPSA) is 49.5 Å². The highest BCUT2D eigenvalue weighted by atomic mass is 16.3. The third-order valence-electron chi connectivity index (χ3n) is 3.28. The molecule has 1 aromatic carbocycles. The Hall–Kier alpha value is -1.06. The van der Waals surface area contributed by atoms with Crippen molar-refractivity contribution in [3.05, 3.63) is 29.8 Å². The molecule has 0 amide bonds. The number of nitrogens with zero attached hydrogens (tertiary/aromatic N) is 1. The lowest BCUT2D eigenvalue weighted by atomic mass is 10.0. The maximum absolute atomic E-state index is 8.86. The predicted octanol–water partition coefficient (Wildman–Crippen LogP) is 1.52. The molecule has 88 valence electrons. The Morgan fingerprint density at radius 2 is 2.00 bits per heavy atom. The summed E-state index contributed by atoms with van der Waals surface area (Å²) in [6, 6.07) is 8.57. The molecule has 16 heavy (non-hydrogen) atoms. The molecule has 2 rings (SSSR count). The second-order valence-corrected chi connectivity index (χ2v) is 4.60. The van der Waals surface area contributed by atoms with Crippen molar-refractivity contribution < 1.29 is 5.11 Å². The van der Waals surface area contributed by atoms with Gasteiger partial charge in [-0.3, -0.25) is 0 Å². The van der Waals surface area contributed by atoms with Crippen LogP contribution in [0.25, 0.3) is 0 Å². The minimum absolute atomic E-state index is 0.180. The molecule has 0 bridgehead atoms. The maximum atomic E-state index is 8.86. The molecule has 3 N–H and O–H groups in total. The Bertz CT molecular complexity index is 332. The second-order valence-electron chi connectivity index (χ2n) is 4.60. The van der Waals surface area contributed by atoms with E-state index in [1.165, 1.54) is 18.4 Å². The van der Waals surface area contributed by atoms with E-state index in [2.05, 4.69) is 24.3 Å². The van der Waals surface area contributed by atoms with Crippen molar-refractivity contribution in [1.82, 2.24) is 0 Å². The molecule has 1 aliphatic rings. The zero-order chi connectivity index (χ0) is 11.5. The summed E-state index contributed by atoms with van der Waals surface area (Å²) in [5, 5.41) is 8.86. The van der Waals surface area contributed by atoms with E-state index >= 15 is 0 Å². The van der Waals surface area contributed by atoms with Crippen LogP contribution in [0, 0.1) is 5.92 Å². The van der Waals surface area contributed by atoms with Crippen molar-refractivity contribution in [3.8, 4) is 0 Å². The zero-order valence-electron chi connectivity index (χ0n) is 9.76. The van der Waals surface area contributed by atoms with E-state index in [-0.39, 0.29) is 12.6 Å². The van der Waals surface area contributed by atoms with Gasteiger partial charge in [-0.1, -0.05) is 12.1 Å². The summed E-state index contributed by atoms with van der Waals surface area (Å²) >= 11 is 0. The van der Waals surface area contributed by atoms with Gasteiger partial charge in [-0.2, -0.15) is 0 Å². The van der Waals surface area contributed by atoms with E-state index in [0.29, 0.717) is 12.5 Å². The van der Waals surface area contributed by atoms with Crippen molar-refractivity contribution in [2.45, 2.75) is 18.9 Å². The molecular formula is C13H20N2O. The minimum Gasteiger partial charge on any atom is -0.395 e. The normalized spacial score (nSPS) is 17.2. The highest BCUT2D eigenvalue weighted by Gasteiger charge is 2.29. The van der Waals surface area contributed by atoms with Gasteiger partial charge in [0.15, 0.2) is 0 Å². The van der Waals surface area contributed by atoms with Crippen LogP contribution in [-0.2, 0) is 0 Å². The van der Waals surface area contributed by atoms with Gasteiger partial charge in [0.2, 0.25) is 0 Å². The molecule has 0 aliphatic heterocycles. The molecule has 3 heteroatoms. The van der Waals surface area contributed by atoms with Gasteiger partial charge < -0.3 is 15.7 Å². The van der Waals surface area contributed by atoms with Crippen LogP contribution in [0.15, 0.2) is 24.3 Å². The monoisotopic (exact) mass is 220 g/mol. The van der Waals surface area contributed by atoms with Crippen molar-refractivity contribution in [2.24, 2.45) is 11.7 Å². The van der Waals surface area contributed by atoms with Crippen LogP contribution >= 0.6 is 0 Å². The summed E-state index contributed by atoms with van der Waals surface area (Å²) in [6.45, 7) is 0.841. The van der Waals surface area contributed by atoms with Crippen LogP contribution < -0.4 is 10.6 Å². The Kier molecular flexibility index (Phi) is 3.46. The predicted molar refractivity (Wildman–Crippen MR) is 66.5 cm³/mol. The van der Waals surface area contributed by atoms with Gasteiger partial charge >= 0.3 is 0 Å². The molecule has 1 atom stereocenters. The third-order valence-corrected chi connectivity index (χ3v) is 3.28. The summed E-state index contributed by atoms with van der Waals surface area (Å²) in [6.07, 6.45) is 2.54. The van der Waals surface area contributed by atoms with E-state index in [1.54, 1.807) is 0 Å². The average molecular weight is 220 g/mol. The van der Waals surface area contributed by atoms with Gasteiger partial charge in [0.25, 0.3) is 0 Å². The number of aliphatic hydroxyl groups excluding tert-OH is 1. The second kappa shape index (κ2) is 4.85. The highest BCUT2D eigenvalue weighted by Crippen LogP contribution is 2.39. The van der Waals surface area contributed by atoms with Gasteiger partial charge in [0.05, 0.1) is 6.61 Å². The summed E-state index contributed by atoms with van der Waals surface area (Å²) in [5.41, 5.74) is 8.48. The fourth-order valence-corrected chi connectivity index (χ4v) is 1.96. The van der Waals surface area contributed by atoms with Crippen molar-refractivity contribution in [3.63, 3.8) is 0 Å². The summed E-state index contributed by atoms with van der Waals surface area (Å²) in [7, 11) is 1.98. The number of anilines is 1. The molecule has 1 fully saturated rings. The smallest absolute Gasteiger partial charge is 0.0606 e. The van der Waals surface area contributed by atoms with E-state index in [9.17, 15) is 0 Å². The molecule has 0 unspecified atom stereocenters. The molecule has 1 aliphatic carbocycles. The molecule has 0 radical (unpaired) electrons. The largest absolute Gasteiger partial charge is 0.395 e.